The van der Waals surface area contributed by atoms with Gasteiger partial charge in [-0.1, -0.05) is 23.7 Å². The van der Waals surface area contributed by atoms with Gasteiger partial charge in [-0.25, -0.2) is 0 Å². The van der Waals surface area contributed by atoms with Gasteiger partial charge in [0.15, 0.2) is 5.78 Å². The molecule has 0 N–H and O–H groups in total. The molecule has 1 aliphatic carbocycles. The highest BCUT2D eigenvalue weighted by atomic mass is 35.5. The normalized spacial score (nSPS) is 17.7. The van der Waals surface area contributed by atoms with Gasteiger partial charge in [-0.05, 0) is 41.5 Å². The quantitative estimate of drug-likeness (QED) is 0.612. The Morgan fingerprint density at radius 2 is 2.21 bits per heavy atom. The molecule has 100 valence electrons. The third-order valence-corrected chi connectivity index (χ3v) is 4.21. The summed E-state index contributed by atoms with van der Waals surface area (Å²) < 4.78 is 0. The number of thiophene rings is 1. The Kier molecular flexibility index (Phi) is 4.61. The summed E-state index contributed by atoms with van der Waals surface area (Å²) in [5.41, 5.74) is 2.18. The Morgan fingerprint density at radius 1 is 1.42 bits per heavy atom. The van der Waals surface area contributed by atoms with Gasteiger partial charge in [0.25, 0.3) is 0 Å². The summed E-state index contributed by atoms with van der Waals surface area (Å²) >= 11 is 7.78. The molecule has 0 radical (unpaired) electrons. The van der Waals surface area contributed by atoms with Gasteiger partial charge >= 0.3 is 0 Å². The zero-order chi connectivity index (χ0) is 13.8. The number of hydrogen-bond donors (Lipinski definition) is 0. The molecule has 4 heteroatoms. The summed E-state index contributed by atoms with van der Waals surface area (Å²) in [7, 11) is 3.95. The highest BCUT2D eigenvalue weighted by Gasteiger charge is 2.16. The fourth-order valence-corrected chi connectivity index (χ4v) is 2.91. The summed E-state index contributed by atoms with van der Waals surface area (Å²) in [6.45, 7) is 0. The minimum Gasteiger partial charge on any atom is -0.383 e. The maximum Gasteiger partial charge on any atom is 0.195 e. The van der Waals surface area contributed by atoms with E-state index < -0.39 is 0 Å². The van der Waals surface area contributed by atoms with Crippen molar-refractivity contribution in [1.82, 2.24) is 4.90 Å². The van der Waals surface area contributed by atoms with Crippen LogP contribution >= 0.6 is 22.9 Å². The summed E-state index contributed by atoms with van der Waals surface area (Å²) in [6, 6.07) is 3.71. The number of allylic oxidation sites excluding steroid dienone is 5. The van der Waals surface area contributed by atoms with Gasteiger partial charge in [0.2, 0.25) is 0 Å². The largest absolute Gasteiger partial charge is 0.383 e. The van der Waals surface area contributed by atoms with E-state index in [9.17, 15) is 4.79 Å². The zero-order valence-corrected chi connectivity index (χ0v) is 12.6. The van der Waals surface area contributed by atoms with E-state index in [1.807, 2.05) is 48.8 Å². The average Bonchev–Trinajstić information content (AvgIpc) is 2.98. The smallest absolute Gasteiger partial charge is 0.195 e. The third-order valence-electron chi connectivity index (χ3n) is 2.84. The average molecular weight is 294 g/mol. The van der Waals surface area contributed by atoms with E-state index >= 15 is 0 Å². The molecule has 1 heterocycles. The predicted octanol–water partition coefficient (Wildman–Crippen LogP) is 4.22. The van der Waals surface area contributed by atoms with Gasteiger partial charge in [0.05, 0.1) is 4.88 Å². The molecule has 0 saturated heterocycles. The van der Waals surface area contributed by atoms with Gasteiger partial charge in [-0.15, -0.1) is 11.3 Å². The first-order valence-electron chi connectivity index (χ1n) is 6.10. The van der Waals surface area contributed by atoms with Crippen LogP contribution in [0.3, 0.4) is 0 Å². The van der Waals surface area contributed by atoms with Crippen molar-refractivity contribution in [2.45, 2.75) is 12.8 Å². The van der Waals surface area contributed by atoms with Crippen molar-refractivity contribution >= 4 is 28.7 Å². The van der Waals surface area contributed by atoms with Gasteiger partial charge in [0.1, 0.15) is 0 Å². The lowest BCUT2D eigenvalue weighted by Gasteiger charge is -2.06. The highest BCUT2D eigenvalue weighted by molar-refractivity contribution is 7.12. The minimum absolute atomic E-state index is 0.0389. The molecule has 0 aliphatic heterocycles. The van der Waals surface area contributed by atoms with Gasteiger partial charge in [0, 0.05) is 25.3 Å². The Balaban J connectivity index is 2.11. The van der Waals surface area contributed by atoms with Crippen molar-refractivity contribution in [1.29, 1.82) is 0 Å². The van der Waals surface area contributed by atoms with Gasteiger partial charge in [-0.2, -0.15) is 0 Å². The van der Waals surface area contributed by atoms with Crippen molar-refractivity contribution in [2.75, 3.05) is 14.1 Å². The first-order chi connectivity index (χ1) is 9.08. The van der Waals surface area contributed by atoms with E-state index in [-0.39, 0.29) is 5.78 Å². The van der Waals surface area contributed by atoms with Crippen molar-refractivity contribution in [3.8, 4) is 0 Å². The number of halogens is 1. The standard InChI is InChI=1S/C15H16ClNOS/c1-17(2)10-12-6-5-11(15(12)16)7-8-13(18)14-4-3-9-19-14/h3-4,7-10H,5-6H2,1-2H3/b8-7+,12-10+. The molecule has 0 unspecified atom stereocenters. The summed E-state index contributed by atoms with van der Waals surface area (Å²) in [5.74, 6) is 0.0389. The Bertz CT molecular complexity index is 553. The number of rotatable bonds is 4. The summed E-state index contributed by atoms with van der Waals surface area (Å²) in [4.78, 5) is 14.6. The lowest BCUT2D eigenvalue weighted by atomic mass is 10.2. The molecule has 0 aromatic carbocycles. The Morgan fingerprint density at radius 3 is 2.84 bits per heavy atom. The molecule has 0 amide bonds. The van der Waals surface area contributed by atoms with Gasteiger partial charge < -0.3 is 4.90 Å². The van der Waals surface area contributed by atoms with Gasteiger partial charge in [-0.3, -0.25) is 4.79 Å². The SMILES string of the molecule is CN(C)/C=C1\CCC(/C=C/C(=O)c2cccs2)=C1Cl. The van der Waals surface area contributed by atoms with E-state index in [1.54, 1.807) is 6.08 Å². The second kappa shape index (κ2) is 6.22. The van der Waals surface area contributed by atoms with E-state index in [0.29, 0.717) is 0 Å². The van der Waals surface area contributed by atoms with Crippen LogP contribution in [-0.4, -0.2) is 24.8 Å². The molecule has 0 saturated carbocycles. The van der Waals surface area contributed by atoms with Crippen LogP contribution in [0.5, 0.6) is 0 Å². The van der Waals surface area contributed by atoms with Crippen LogP contribution in [0.1, 0.15) is 22.5 Å². The molecular weight excluding hydrogens is 278 g/mol. The Labute approximate surface area is 122 Å². The maximum absolute atomic E-state index is 11.9. The van der Waals surface area contributed by atoms with E-state index in [0.717, 1.165) is 33.9 Å². The van der Waals surface area contributed by atoms with E-state index in [1.165, 1.54) is 11.3 Å². The van der Waals surface area contributed by atoms with Crippen molar-refractivity contribution in [3.05, 3.63) is 56.9 Å². The molecule has 0 bridgehead atoms. The number of carbonyl (C=O) groups is 1. The van der Waals surface area contributed by atoms with Crippen LogP contribution in [0.4, 0.5) is 0 Å². The number of carbonyl (C=O) groups excluding carboxylic acids is 1. The van der Waals surface area contributed by atoms with Crippen LogP contribution in [0.25, 0.3) is 0 Å². The number of nitrogens with zero attached hydrogens (tertiary/aromatic N) is 1. The second-order valence-corrected chi connectivity index (χ2v) is 5.96. The molecule has 1 aromatic heterocycles. The molecule has 0 fully saturated rings. The first kappa shape index (κ1) is 14.1. The molecule has 1 aliphatic rings. The van der Waals surface area contributed by atoms with Crippen molar-refractivity contribution < 1.29 is 4.79 Å². The monoisotopic (exact) mass is 293 g/mol. The molecule has 0 atom stereocenters. The van der Waals surface area contributed by atoms with Crippen LogP contribution in [0.2, 0.25) is 0 Å². The zero-order valence-electron chi connectivity index (χ0n) is 11.0. The fourth-order valence-electron chi connectivity index (χ4n) is 1.96. The second-order valence-electron chi connectivity index (χ2n) is 4.63. The first-order valence-corrected chi connectivity index (χ1v) is 7.35. The topological polar surface area (TPSA) is 20.3 Å². The van der Waals surface area contributed by atoms with E-state index in [2.05, 4.69) is 0 Å². The van der Waals surface area contributed by atoms with Crippen LogP contribution in [0, 0.1) is 0 Å². The van der Waals surface area contributed by atoms with Crippen LogP contribution in [0.15, 0.2) is 52.0 Å². The number of ketones is 1. The van der Waals surface area contributed by atoms with Crippen LogP contribution in [-0.2, 0) is 0 Å². The maximum atomic E-state index is 11.9. The van der Waals surface area contributed by atoms with Crippen LogP contribution < -0.4 is 0 Å². The summed E-state index contributed by atoms with van der Waals surface area (Å²) in [6.07, 6.45) is 7.32. The highest BCUT2D eigenvalue weighted by Crippen LogP contribution is 2.35. The third kappa shape index (κ3) is 3.58. The summed E-state index contributed by atoms with van der Waals surface area (Å²) in [5, 5.41) is 2.69. The molecule has 1 aromatic rings. The molecule has 2 nitrogen and oxygen atoms in total. The predicted molar refractivity (Wildman–Crippen MR) is 81.7 cm³/mol. The number of hydrogen-bond acceptors (Lipinski definition) is 3. The lowest BCUT2D eigenvalue weighted by Crippen LogP contribution is -2.02. The van der Waals surface area contributed by atoms with Crippen molar-refractivity contribution in [3.63, 3.8) is 0 Å². The minimum atomic E-state index is 0.0389. The lowest BCUT2D eigenvalue weighted by molar-refractivity contribution is 0.105. The fraction of sp³-hybridized carbons (Fsp3) is 0.267. The molecule has 2 rings (SSSR count). The van der Waals surface area contributed by atoms with Crippen molar-refractivity contribution in [2.24, 2.45) is 0 Å². The molecule has 19 heavy (non-hydrogen) atoms. The van der Waals surface area contributed by atoms with E-state index in [4.69, 9.17) is 11.6 Å². The molecule has 0 spiro atoms. The molecular formula is C15H16ClNOS. The Hall–Kier alpha value is -1.32.